The number of aliphatic hydroxyl groups excluding tert-OH is 1. The SMILES string of the molecule is C[C@@H]1NC(=O)CNC(=O)[C@H](CO)NC(=O)[C@H](CCCCN)NC(=O)[C@H](CCCN=C(N)N)NC(=O)[C@H](CCCCN)NC(=O)CNC(=O)[C@H](C)NC1=O. The molecule has 6 atom stereocenters. The summed E-state index contributed by atoms with van der Waals surface area (Å²) < 4.78 is 0. The first-order valence-corrected chi connectivity index (χ1v) is 17.5. The number of unbranched alkanes of at least 4 members (excludes halogenated alkanes) is 2. The fourth-order valence-electron chi connectivity index (χ4n) is 4.93. The van der Waals surface area contributed by atoms with Gasteiger partial charge in [-0.2, -0.15) is 0 Å². The molecule has 53 heavy (non-hydrogen) atoms. The number of aliphatic imine (C=N–C) groups is 1. The van der Waals surface area contributed by atoms with Crippen LogP contribution in [0.15, 0.2) is 4.99 Å². The average molecular weight is 756 g/mol. The molecule has 0 unspecified atom stereocenters. The van der Waals surface area contributed by atoms with E-state index in [0.717, 1.165) is 0 Å². The van der Waals surface area contributed by atoms with Gasteiger partial charge in [0.15, 0.2) is 5.96 Å². The zero-order chi connectivity index (χ0) is 39.9. The van der Waals surface area contributed by atoms with E-state index in [1.54, 1.807) is 0 Å². The lowest BCUT2D eigenvalue weighted by Crippen LogP contribution is -2.59. The summed E-state index contributed by atoms with van der Waals surface area (Å²) in [7, 11) is 0. The Kier molecular flexibility index (Phi) is 21.7. The van der Waals surface area contributed by atoms with Gasteiger partial charge in [0.05, 0.1) is 19.7 Å². The Morgan fingerprint density at radius 1 is 0.566 bits per heavy atom. The predicted molar refractivity (Wildman–Crippen MR) is 192 cm³/mol. The van der Waals surface area contributed by atoms with Crippen LogP contribution in [-0.2, 0) is 38.4 Å². The predicted octanol–water partition coefficient (Wildman–Crippen LogP) is -6.52. The summed E-state index contributed by atoms with van der Waals surface area (Å²) in [6.07, 6.45) is 2.19. The topological polar surface area (TPSA) is 369 Å². The van der Waals surface area contributed by atoms with Crippen molar-refractivity contribution < 1.29 is 43.5 Å². The Morgan fingerprint density at radius 2 is 1.00 bits per heavy atom. The summed E-state index contributed by atoms with van der Waals surface area (Å²) in [5.41, 5.74) is 22.1. The molecule has 1 aliphatic rings. The van der Waals surface area contributed by atoms with Gasteiger partial charge in [0, 0.05) is 6.54 Å². The minimum atomic E-state index is -1.54. The molecule has 17 N–H and O–H groups in total. The monoisotopic (exact) mass is 755 g/mol. The molecule has 300 valence electrons. The van der Waals surface area contributed by atoms with Crippen molar-refractivity contribution in [3.05, 3.63) is 0 Å². The van der Waals surface area contributed by atoms with E-state index < -0.39 is 103 Å². The number of hydrogen-bond donors (Lipinski definition) is 13. The Bertz CT molecular complexity index is 1300. The Morgan fingerprint density at radius 3 is 1.49 bits per heavy atom. The third kappa shape index (κ3) is 18.3. The maximum absolute atomic E-state index is 13.7. The molecule has 0 saturated carbocycles. The molecule has 0 aromatic heterocycles. The molecule has 22 heteroatoms. The number of nitrogens with zero attached hydrogens (tertiary/aromatic N) is 1. The lowest BCUT2D eigenvalue weighted by molar-refractivity contribution is -0.135. The van der Waals surface area contributed by atoms with Gasteiger partial charge in [-0.1, -0.05) is 0 Å². The number of hydrogen-bond acceptors (Lipinski definition) is 12. The summed E-state index contributed by atoms with van der Waals surface area (Å²) in [5.74, 6) is -6.53. The molecule has 0 aliphatic carbocycles. The van der Waals surface area contributed by atoms with Crippen LogP contribution in [-0.4, -0.2) is 134 Å². The molecule has 1 aliphatic heterocycles. The van der Waals surface area contributed by atoms with Crippen LogP contribution < -0.4 is 65.5 Å². The molecule has 22 nitrogen and oxygen atoms in total. The van der Waals surface area contributed by atoms with Crippen LogP contribution in [0.2, 0.25) is 0 Å². The number of guanidine groups is 1. The van der Waals surface area contributed by atoms with Crippen molar-refractivity contribution in [2.45, 2.75) is 101 Å². The summed E-state index contributed by atoms with van der Waals surface area (Å²) in [5, 5.41) is 29.4. The van der Waals surface area contributed by atoms with Gasteiger partial charge in [0.1, 0.15) is 36.3 Å². The fraction of sp³-hybridized carbons (Fsp3) is 0.710. The normalized spacial score (nSPS) is 24.8. The molecular weight excluding hydrogens is 698 g/mol. The van der Waals surface area contributed by atoms with Crippen molar-refractivity contribution in [3.63, 3.8) is 0 Å². The van der Waals surface area contributed by atoms with Gasteiger partial charge in [-0.15, -0.1) is 0 Å². The van der Waals surface area contributed by atoms with Gasteiger partial charge >= 0.3 is 0 Å². The zero-order valence-electron chi connectivity index (χ0n) is 30.3. The number of aliphatic hydroxyl groups is 1. The van der Waals surface area contributed by atoms with E-state index in [2.05, 4.69) is 47.5 Å². The van der Waals surface area contributed by atoms with E-state index in [9.17, 15) is 43.5 Å². The van der Waals surface area contributed by atoms with Crippen molar-refractivity contribution in [1.29, 1.82) is 0 Å². The van der Waals surface area contributed by atoms with Crippen LogP contribution >= 0.6 is 0 Å². The minimum absolute atomic E-state index is 0.00300. The smallest absolute Gasteiger partial charge is 0.245 e. The van der Waals surface area contributed by atoms with Gasteiger partial charge in [-0.25, -0.2) is 0 Å². The maximum Gasteiger partial charge on any atom is 0.245 e. The summed E-state index contributed by atoms with van der Waals surface area (Å²) in [4.78, 5) is 108. The number of carbonyl (C=O) groups is 8. The largest absolute Gasteiger partial charge is 0.394 e. The van der Waals surface area contributed by atoms with Crippen LogP contribution in [0.1, 0.15) is 65.2 Å². The molecule has 1 fully saturated rings. The van der Waals surface area contributed by atoms with E-state index in [1.807, 2.05) is 0 Å². The highest BCUT2D eigenvalue weighted by Crippen LogP contribution is 2.08. The minimum Gasteiger partial charge on any atom is -0.394 e. The Balaban J connectivity index is 3.49. The molecule has 0 spiro atoms. The van der Waals surface area contributed by atoms with Crippen LogP contribution in [0.5, 0.6) is 0 Å². The number of nitrogens with one attached hydrogen (secondary N) is 8. The average Bonchev–Trinajstić information content (AvgIpc) is 3.11. The van der Waals surface area contributed by atoms with E-state index in [1.165, 1.54) is 13.8 Å². The second-order valence-corrected chi connectivity index (χ2v) is 12.5. The van der Waals surface area contributed by atoms with E-state index in [4.69, 9.17) is 22.9 Å². The van der Waals surface area contributed by atoms with Crippen molar-refractivity contribution in [1.82, 2.24) is 42.5 Å². The molecule has 8 amide bonds. The lowest BCUT2D eigenvalue weighted by Gasteiger charge is -2.26. The quantitative estimate of drug-likeness (QED) is 0.0473. The molecule has 0 aromatic carbocycles. The van der Waals surface area contributed by atoms with Crippen LogP contribution in [0.25, 0.3) is 0 Å². The number of nitrogens with two attached hydrogens (primary N) is 4. The number of carbonyl (C=O) groups excluding carboxylic acids is 8. The van der Waals surface area contributed by atoms with E-state index in [0.29, 0.717) is 32.2 Å². The van der Waals surface area contributed by atoms with Crippen LogP contribution in [0, 0.1) is 0 Å². The standard InChI is InChI=1S/C31H57N13O9/c1-17-25(48)37-15-24(47)41-19(8-3-5-11-32)28(51)43-21(10-7-13-36-31(34)35)29(52)42-20(9-4-6-12-33)30(53)44-22(16-45)27(50)38-14-23(46)39-18(2)26(49)40-17/h17-22,45H,3-16,32-33H2,1-2H3,(H,37,48)(H,38,50)(H,39,46)(H,40,49)(H,41,47)(H,42,52)(H,43,51)(H,44,53)(H4,34,35,36)/t17-,18-,19-,20-,21-,22-/m0/s1. The first-order valence-electron chi connectivity index (χ1n) is 17.5. The Hall–Kier alpha value is -5.09. The number of amides is 8. The summed E-state index contributed by atoms with van der Waals surface area (Å²) >= 11 is 0. The summed E-state index contributed by atoms with van der Waals surface area (Å²) in [6.45, 7) is 1.29. The molecule has 1 saturated heterocycles. The highest BCUT2D eigenvalue weighted by molar-refractivity contribution is 5.97. The van der Waals surface area contributed by atoms with Gasteiger partial charge < -0.3 is 70.6 Å². The third-order valence-electron chi connectivity index (χ3n) is 7.94. The van der Waals surface area contributed by atoms with Crippen molar-refractivity contribution in [3.8, 4) is 0 Å². The second-order valence-electron chi connectivity index (χ2n) is 12.5. The van der Waals surface area contributed by atoms with Gasteiger partial charge in [-0.05, 0) is 78.3 Å². The van der Waals surface area contributed by atoms with Gasteiger partial charge in [0.25, 0.3) is 0 Å². The first kappa shape index (κ1) is 45.9. The zero-order valence-corrected chi connectivity index (χ0v) is 30.3. The molecule has 0 aromatic rings. The van der Waals surface area contributed by atoms with Gasteiger partial charge in [-0.3, -0.25) is 43.3 Å². The van der Waals surface area contributed by atoms with Gasteiger partial charge in [0.2, 0.25) is 47.3 Å². The number of rotatable bonds is 13. The molecule has 0 radical (unpaired) electrons. The van der Waals surface area contributed by atoms with E-state index in [-0.39, 0.29) is 44.7 Å². The van der Waals surface area contributed by atoms with Crippen molar-refractivity contribution >= 4 is 53.2 Å². The van der Waals surface area contributed by atoms with Crippen LogP contribution in [0.4, 0.5) is 0 Å². The molecule has 0 bridgehead atoms. The molecule has 1 heterocycles. The van der Waals surface area contributed by atoms with Crippen LogP contribution in [0.3, 0.4) is 0 Å². The lowest BCUT2D eigenvalue weighted by atomic mass is 10.0. The van der Waals surface area contributed by atoms with E-state index >= 15 is 0 Å². The van der Waals surface area contributed by atoms with Crippen molar-refractivity contribution in [2.75, 3.05) is 39.3 Å². The Labute approximate surface area is 307 Å². The first-order chi connectivity index (χ1) is 25.1. The maximum atomic E-state index is 13.7. The van der Waals surface area contributed by atoms with Crippen molar-refractivity contribution in [2.24, 2.45) is 27.9 Å². The molecular formula is C31H57N13O9. The summed E-state index contributed by atoms with van der Waals surface area (Å²) in [6, 6.07) is -7.52. The highest BCUT2D eigenvalue weighted by atomic mass is 16.3. The highest BCUT2D eigenvalue weighted by Gasteiger charge is 2.31. The third-order valence-corrected chi connectivity index (χ3v) is 7.94. The fourth-order valence-corrected chi connectivity index (χ4v) is 4.93. The molecule has 1 rings (SSSR count). The second kappa shape index (κ2) is 25.0.